The van der Waals surface area contributed by atoms with Gasteiger partial charge >= 0.3 is 6.09 Å². The van der Waals surface area contributed by atoms with Gasteiger partial charge in [0.15, 0.2) is 29.9 Å². The molecule has 1 aromatic carbocycles. The quantitative estimate of drug-likeness (QED) is 0.496. The largest absolute Gasteiger partial charge is 0.445 e. The van der Waals surface area contributed by atoms with Gasteiger partial charge in [0.2, 0.25) is 0 Å². The Bertz CT molecular complexity index is 1120. The molecule has 5 aliphatic rings. The lowest BCUT2D eigenvalue weighted by atomic mass is 9.95. The van der Waals surface area contributed by atoms with E-state index in [-0.39, 0.29) is 19.8 Å². The van der Waals surface area contributed by atoms with Crippen molar-refractivity contribution in [3.63, 3.8) is 0 Å². The predicted molar refractivity (Wildman–Crippen MR) is 142 cm³/mol. The highest BCUT2D eigenvalue weighted by Gasteiger charge is 2.61. The van der Waals surface area contributed by atoms with Crippen molar-refractivity contribution in [3.8, 4) is 0 Å². The molecule has 1 aromatic rings. The Morgan fingerprint density at radius 2 is 1.55 bits per heavy atom. The Morgan fingerprint density at radius 3 is 2.31 bits per heavy atom. The first-order chi connectivity index (χ1) is 19.8. The highest BCUT2D eigenvalue weighted by Crippen LogP contribution is 2.44. The average molecular weight is 596 g/mol. The number of benzene rings is 1. The molecule has 5 saturated heterocycles. The van der Waals surface area contributed by atoms with Crippen LogP contribution in [0.4, 0.5) is 4.79 Å². The van der Waals surface area contributed by atoms with E-state index in [9.17, 15) is 9.90 Å². The summed E-state index contributed by atoms with van der Waals surface area (Å²) in [6.07, 6.45) is -7.23. The lowest BCUT2D eigenvalue weighted by Crippen LogP contribution is -2.68. The normalized spacial score (nSPS) is 41.3. The van der Waals surface area contributed by atoms with Gasteiger partial charge in [-0.3, -0.25) is 0 Å². The van der Waals surface area contributed by atoms with E-state index in [0.29, 0.717) is 0 Å². The van der Waals surface area contributed by atoms with E-state index < -0.39 is 84.8 Å². The SMILES string of the molecule is CC1(C)O[C@H]2[C@@H](O1)[C@@H](CO[C@H]1O[C@@H]3COC(C)(C)O[C@H]3[C@H](O)[C@@H]1NC(=O)OCc1ccccc1)O[C@@H]1OC(C)(C)O[C@@H]12. The Balaban J connectivity index is 1.16. The van der Waals surface area contributed by atoms with E-state index >= 15 is 0 Å². The van der Waals surface area contributed by atoms with Gasteiger partial charge in [0.1, 0.15) is 55.4 Å². The van der Waals surface area contributed by atoms with Crippen LogP contribution in [0.3, 0.4) is 0 Å². The summed E-state index contributed by atoms with van der Waals surface area (Å²) in [5.74, 6) is -2.67. The molecule has 0 aliphatic carbocycles. The van der Waals surface area contributed by atoms with Crippen molar-refractivity contribution < 1.29 is 57.3 Å². The van der Waals surface area contributed by atoms with Crippen LogP contribution in [0.2, 0.25) is 0 Å². The maximum Gasteiger partial charge on any atom is 0.407 e. The standard InChI is InChI=1S/C29H41NO12/c1-27(2)35-14-17-20(38-27)19(31)18(30-26(32)34-12-15-10-8-7-9-11-15)24(36-17)33-13-16-21-22(40-28(3,4)39-21)23-25(37-16)42-29(5,6)41-23/h7-11,16-25,31H,12-14H2,1-6H3,(H,30,32)/t16-,17-,18+,19-,20-,21+,22+,23-,24+,25-/m1/s1. The molecule has 42 heavy (non-hydrogen) atoms. The van der Waals surface area contributed by atoms with Crippen molar-refractivity contribution in [1.82, 2.24) is 5.32 Å². The molecule has 6 rings (SSSR count). The molecule has 13 heteroatoms. The molecule has 1 amide bonds. The number of aliphatic hydroxyl groups excluding tert-OH is 1. The highest BCUT2D eigenvalue weighted by molar-refractivity contribution is 5.67. The van der Waals surface area contributed by atoms with Crippen LogP contribution in [0.15, 0.2) is 30.3 Å². The number of alkyl carbamates (subject to hydrolysis) is 1. The van der Waals surface area contributed by atoms with Gasteiger partial charge in [-0.25, -0.2) is 4.79 Å². The molecule has 234 valence electrons. The molecular formula is C29H41NO12. The Labute approximate surface area is 244 Å². The zero-order chi connectivity index (χ0) is 29.9. The summed E-state index contributed by atoms with van der Waals surface area (Å²) in [7, 11) is 0. The number of hydrogen-bond donors (Lipinski definition) is 2. The first kappa shape index (κ1) is 30.1. The lowest BCUT2D eigenvalue weighted by molar-refractivity contribution is -0.371. The van der Waals surface area contributed by atoms with Crippen molar-refractivity contribution in [2.75, 3.05) is 13.2 Å². The molecule has 5 aliphatic heterocycles. The van der Waals surface area contributed by atoms with Crippen LogP contribution in [-0.2, 0) is 54.0 Å². The van der Waals surface area contributed by atoms with E-state index in [2.05, 4.69) is 5.32 Å². The summed E-state index contributed by atoms with van der Waals surface area (Å²) in [5, 5.41) is 14.1. The van der Waals surface area contributed by atoms with E-state index in [0.717, 1.165) is 5.56 Å². The summed E-state index contributed by atoms with van der Waals surface area (Å²) in [6.45, 7) is 11.0. The smallest absolute Gasteiger partial charge is 0.407 e. The molecule has 0 aromatic heterocycles. The number of nitrogens with one attached hydrogen (secondary N) is 1. The third-order valence-electron chi connectivity index (χ3n) is 7.86. The first-order valence-corrected chi connectivity index (χ1v) is 14.4. The highest BCUT2D eigenvalue weighted by atomic mass is 16.9. The fourth-order valence-corrected chi connectivity index (χ4v) is 6.06. The van der Waals surface area contributed by atoms with Crippen molar-refractivity contribution in [3.05, 3.63) is 35.9 Å². The number of ether oxygens (including phenoxy) is 10. The minimum absolute atomic E-state index is 0.0210. The zero-order valence-corrected chi connectivity index (χ0v) is 24.7. The Kier molecular flexibility index (Phi) is 8.05. The number of hydrogen-bond acceptors (Lipinski definition) is 12. The maximum absolute atomic E-state index is 12.9. The minimum atomic E-state index is -1.19. The summed E-state index contributed by atoms with van der Waals surface area (Å²) >= 11 is 0. The van der Waals surface area contributed by atoms with Crippen molar-refractivity contribution >= 4 is 6.09 Å². The summed E-state index contributed by atoms with van der Waals surface area (Å²) in [6, 6.07) is 8.25. The van der Waals surface area contributed by atoms with Crippen LogP contribution in [-0.4, -0.2) is 103 Å². The number of carbonyl (C=O) groups excluding carboxylic acids is 1. The summed E-state index contributed by atoms with van der Waals surface area (Å²) < 4.78 is 60.3. The fraction of sp³-hybridized carbons (Fsp3) is 0.759. The van der Waals surface area contributed by atoms with Crippen LogP contribution in [0.1, 0.15) is 47.1 Å². The molecule has 13 nitrogen and oxygen atoms in total. The van der Waals surface area contributed by atoms with Crippen LogP contribution in [0.25, 0.3) is 0 Å². The Morgan fingerprint density at radius 1 is 0.881 bits per heavy atom. The minimum Gasteiger partial charge on any atom is -0.445 e. The Hall–Kier alpha value is -1.91. The second kappa shape index (κ2) is 11.2. The van der Waals surface area contributed by atoms with E-state index in [1.165, 1.54) is 0 Å². The molecular weight excluding hydrogens is 554 g/mol. The number of fused-ring (bicyclic) bond motifs is 4. The van der Waals surface area contributed by atoms with E-state index in [1.54, 1.807) is 13.8 Å². The van der Waals surface area contributed by atoms with Gasteiger partial charge in [0.25, 0.3) is 0 Å². The van der Waals surface area contributed by atoms with Crippen LogP contribution in [0.5, 0.6) is 0 Å². The number of carbonyl (C=O) groups is 1. The topological polar surface area (TPSA) is 142 Å². The van der Waals surface area contributed by atoms with Gasteiger partial charge in [-0.2, -0.15) is 0 Å². The van der Waals surface area contributed by atoms with Crippen molar-refractivity contribution in [2.45, 2.75) is 127 Å². The van der Waals surface area contributed by atoms with Gasteiger partial charge in [0.05, 0.1) is 13.2 Å². The molecule has 2 N–H and O–H groups in total. The van der Waals surface area contributed by atoms with E-state index in [1.807, 2.05) is 58.0 Å². The van der Waals surface area contributed by atoms with Crippen LogP contribution < -0.4 is 5.32 Å². The summed E-state index contributed by atoms with van der Waals surface area (Å²) in [4.78, 5) is 12.9. The number of rotatable bonds is 6. The molecule has 0 radical (unpaired) electrons. The molecule has 5 fully saturated rings. The molecule has 10 atom stereocenters. The van der Waals surface area contributed by atoms with Crippen LogP contribution >= 0.6 is 0 Å². The monoisotopic (exact) mass is 595 g/mol. The third-order valence-corrected chi connectivity index (χ3v) is 7.86. The van der Waals surface area contributed by atoms with Crippen LogP contribution in [0, 0.1) is 0 Å². The molecule has 0 unspecified atom stereocenters. The zero-order valence-electron chi connectivity index (χ0n) is 24.7. The number of aliphatic hydroxyl groups is 1. The molecule has 0 saturated carbocycles. The predicted octanol–water partition coefficient (Wildman–Crippen LogP) is 1.93. The third kappa shape index (κ3) is 6.32. The van der Waals surface area contributed by atoms with Gasteiger partial charge in [-0.15, -0.1) is 0 Å². The maximum atomic E-state index is 12.9. The number of amides is 1. The second-order valence-electron chi connectivity index (χ2n) is 12.6. The van der Waals surface area contributed by atoms with Crippen molar-refractivity contribution in [1.29, 1.82) is 0 Å². The fourth-order valence-electron chi connectivity index (χ4n) is 6.06. The second-order valence-corrected chi connectivity index (χ2v) is 12.6. The van der Waals surface area contributed by atoms with E-state index in [4.69, 9.17) is 47.4 Å². The molecule has 0 spiro atoms. The first-order valence-electron chi connectivity index (χ1n) is 14.4. The van der Waals surface area contributed by atoms with Gasteiger partial charge in [0, 0.05) is 0 Å². The lowest BCUT2D eigenvalue weighted by Gasteiger charge is -2.50. The van der Waals surface area contributed by atoms with Gasteiger partial charge in [-0.1, -0.05) is 30.3 Å². The van der Waals surface area contributed by atoms with Gasteiger partial charge in [-0.05, 0) is 47.1 Å². The summed E-state index contributed by atoms with van der Waals surface area (Å²) in [5.41, 5.74) is 0.820. The molecule has 0 bridgehead atoms. The average Bonchev–Trinajstić information content (AvgIpc) is 3.42. The van der Waals surface area contributed by atoms with Gasteiger partial charge < -0.3 is 57.8 Å². The molecule has 5 heterocycles. The van der Waals surface area contributed by atoms with Crippen molar-refractivity contribution in [2.24, 2.45) is 0 Å².